The largest absolute Gasteiger partial charge is 0.299 e. The van der Waals surface area contributed by atoms with Gasteiger partial charge in [0, 0.05) is 12.7 Å². The second-order valence-corrected chi connectivity index (χ2v) is 3.42. The van der Waals surface area contributed by atoms with E-state index in [-0.39, 0.29) is 5.56 Å². The van der Waals surface area contributed by atoms with Crippen molar-refractivity contribution in [2.45, 2.75) is 33.7 Å². The van der Waals surface area contributed by atoms with Crippen LogP contribution in [0.3, 0.4) is 0 Å². The molecule has 0 atom stereocenters. The molecule has 0 N–H and O–H groups in total. The zero-order valence-corrected chi connectivity index (χ0v) is 9.97. The van der Waals surface area contributed by atoms with Gasteiger partial charge in [0.2, 0.25) is 0 Å². The molecule has 0 aliphatic rings. The second kappa shape index (κ2) is 6.00. The maximum Gasteiger partial charge on any atom is 0.262 e. The Labute approximate surface area is 95.0 Å². The fourth-order valence-electron chi connectivity index (χ4n) is 1.22. The van der Waals surface area contributed by atoms with Crippen molar-refractivity contribution in [2.75, 3.05) is 0 Å². The second-order valence-electron chi connectivity index (χ2n) is 3.42. The highest BCUT2D eigenvalue weighted by Crippen LogP contribution is 2.00. The Kier molecular flexibility index (Phi) is 4.64. The summed E-state index contributed by atoms with van der Waals surface area (Å²) in [5.74, 6) is 0. The minimum Gasteiger partial charge on any atom is -0.299 e. The van der Waals surface area contributed by atoms with Gasteiger partial charge in [-0.3, -0.25) is 9.36 Å². The van der Waals surface area contributed by atoms with Crippen molar-refractivity contribution < 1.29 is 0 Å². The summed E-state index contributed by atoms with van der Waals surface area (Å²) >= 11 is 0. The number of nitrogens with zero attached hydrogens (tertiary/aromatic N) is 3. The molecule has 0 amide bonds. The van der Waals surface area contributed by atoms with Gasteiger partial charge in [0.05, 0.1) is 11.7 Å². The van der Waals surface area contributed by atoms with E-state index in [0.29, 0.717) is 17.6 Å². The zero-order chi connectivity index (χ0) is 12.0. The van der Waals surface area contributed by atoms with Crippen LogP contribution in [-0.2, 0) is 6.54 Å². The van der Waals surface area contributed by atoms with Crippen LogP contribution in [0.1, 0.15) is 27.2 Å². The van der Waals surface area contributed by atoms with Crippen LogP contribution < -0.4 is 5.56 Å². The molecule has 0 radical (unpaired) electrons. The fraction of sp³-hybridized carbons (Fsp3) is 0.417. The third-order valence-electron chi connectivity index (χ3n) is 1.94. The zero-order valence-electron chi connectivity index (χ0n) is 9.97. The van der Waals surface area contributed by atoms with Crippen molar-refractivity contribution in [1.82, 2.24) is 14.5 Å². The highest BCUT2D eigenvalue weighted by molar-refractivity contribution is 5.72. The summed E-state index contributed by atoms with van der Waals surface area (Å²) in [6, 6.07) is 3.48. The molecule has 0 unspecified atom stereocenters. The summed E-state index contributed by atoms with van der Waals surface area (Å²) < 4.78 is 1.56. The number of rotatable bonds is 1. The minimum atomic E-state index is -0.0272. The van der Waals surface area contributed by atoms with Gasteiger partial charge in [-0.15, -0.1) is 0 Å². The Balaban J connectivity index is 0.000000386. The monoisotopic (exact) mass is 219 g/mol. The van der Waals surface area contributed by atoms with Gasteiger partial charge in [0.15, 0.2) is 5.65 Å². The first-order chi connectivity index (χ1) is 7.74. The van der Waals surface area contributed by atoms with Gasteiger partial charge in [-0.25, -0.2) is 9.97 Å². The highest BCUT2D eigenvalue weighted by Gasteiger charge is 2.01. The predicted octanol–water partition coefficient (Wildman–Crippen LogP) is 2.23. The summed E-state index contributed by atoms with van der Waals surface area (Å²) in [5, 5.41) is 0.576. The summed E-state index contributed by atoms with van der Waals surface area (Å²) in [6.45, 7) is 6.79. The summed E-state index contributed by atoms with van der Waals surface area (Å²) in [7, 11) is 0. The number of hydrogen-bond acceptors (Lipinski definition) is 3. The third-order valence-corrected chi connectivity index (χ3v) is 1.94. The van der Waals surface area contributed by atoms with Crippen LogP contribution in [0.5, 0.6) is 0 Å². The lowest BCUT2D eigenvalue weighted by Crippen LogP contribution is -2.19. The molecular weight excluding hydrogens is 202 g/mol. The predicted molar refractivity (Wildman–Crippen MR) is 65.4 cm³/mol. The van der Waals surface area contributed by atoms with Gasteiger partial charge in [-0.2, -0.15) is 0 Å². The van der Waals surface area contributed by atoms with Gasteiger partial charge in [-0.05, 0) is 19.1 Å². The highest BCUT2D eigenvalue weighted by atomic mass is 16.1. The Bertz CT molecular complexity index is 505. The van der Waals surface area contributed by atoms with E-state index in [1.807, 2.05) is 6.92 Å². The number of aromatic nitrogens is 3. The molecule has 2 aromatic rings. The lowest BCUT2D eigenvalue weighted by molar-refractivity contribution is 0.716. The first kappa shape index (κ1) is 12.4. The van der Waals surface area contributed by atoms with E-state index in [9.17, 15) is 4.79 Å². The van der Waals surface area contributed by atoms with Gasteiger partial charge in [0.25, 0.3) is 5.56 Å². The van der Waals surface area contributed by atoms with E-state index in [0.717, 1.165) is 0 Å². The summed E-state index contributed by atoms with van der Waals surface area (Å²) in [6.07, 6.45) is 4.41. The molecule has 2 heterocycles. The Morgan fingerprint density at radius 1 is 1.25 bits per heavy atom. The first-order valence-corrected chi connectivity index (χ1v) is 5.54. The molecule has 0 aliphatic carbocycles. The Morgan fingerprint density at radius 2 is 1.94 bits per heavy atom. The van der Waals surface area contributed by atoms with Crippen molar-refractivity contribution in [3.05, 3.63) is 35.0 Å². The maximum absolute atomic E-state index is 11.6. The molecule has 2 rings (SSSR count). The van der Waals surface area contributed by atoms with Crippen molar-refractivity contribution >= 4 is 11.0 Å². The molecule has 0 saturated heterocycles. The molecule has 4 heteroatoms. The van der Waals surface area contributed by atoms with Crippen LogP contribution in [0.15, 0.2) is 29.5 Å². The average Bonchev–Trinajstić information content (AvgIpc) is 2.31. The van der Waals surface area contributed by atoms with Gasteiger partial charge < -0.3 is 0 Å². The minimum absolute atomic E-state index is 0.0272. The van der Waals surface area contributed by atoms with Gasteiger partial charge in [0.1, 0.15) is 0 Å². The Hall–Kier alpha value is -1.71. The van der Waals surface area contributed by atoms with Crippen molar-refractivity contribution in [2.24, 2.45) is 0 Å². The SMILES string of the molecule is CCC.CCn1cnc2ncccc2c1=O. The summed E-state index contributed by atoms with van der Waals surface area (Å²) in [5.41, 5.74) is 0.484. The number of aryl methyl sites for hydroxylation is 1. The van der Waals surface area contributed by atoms with Crippen LogP contribution in [0.2, 0.25) is 0 Å². The number of hydrogen-bond donors (Lipinski definition) is 0. The van der Waals surface area contributed by atoms with Crippen LogP contribution in [0, 0.1) is 0 Å². The molecule has 0 aromatic carbocycles. The van der Waals surface area contributed by atoms with Crippen molar-refractivity contribution in [1.29, 1.82) is 0 Å². The molecule has 4 nitrogen and oxygen atoms in total. The van der Waals surface area contributed by atoms with Crippen molar-refractivity contribution in [3.8, 4) is 0 Å². The fourth-order valence-corrected chi connectivity index (χ4v) is 1.22. The van der Waals surface area contributed by atoms with Crippen LogP contribution >= 0.6 is 0 Å². The van der Waals surface area contributed by atoms with E-state index in [4.69, 9.17) is 0 Å². The molecule has 16 heavy (non-hydrogen) atoms. The van der Waals surface area contributed by atoms with E-state index in [2.05, 4.69) is 23.8 Å². The van der Waals surface area contributed by atoms with Crippen LogP contribution in [-0.4, -0.2) is 14.5 Å². The van der Waals surface area contributed by atoms with E-state index < -0.39 is 0 Å². The molecule has 86 valence electrons. The third kappa shape index (κ3) is 2.66. The lowest BCUT2D eigenvalue weighted by atomic mass is 10.3. The van der Waals surface area contributed by atoms with Gasteiger partial charge in [-0.1, -0.05) is 20.3 Å². The van der Waals surface area contributed by atoms with E-state index in [1.165, 1.54) is 12.7 Å². The molecule has 0 fully saturated rings. The lowest BCUT2D eigenvalue weighted by Gasteiger charge is -2.00. The molecule has 0 spiro atoms. The molecule has 0 saturated carbocycles. The summed E-state index contributed by atoms with van der Waals surface area (Å²) in [4.78, 5) is 19.7. The average molecular weight is 219 g/mol. The van der Waals surface area contributed by atoms with E-state index >= 15 is 0 Å². The Morgan fingerprint density at radius 3 is 2.56 bits per heavy atom. The standard InChI is InChI=1S/C9H9N3O.C3H8/c1-2-12-6-11-8-7(9(12)13)4-3-5-10-8;1-3-2/h3-6H,2H2,1H3;3H2,1-2H3. The smallest absolute Gasteiger partial charge is 0.262 e. The number of fused-ring (bicyclic) bond motifs is 1. The quantitative estimate of drug-likeness (QED) is 0.739. The molecular formula is C12H17N3O. The van der Waals surface area contributed by atoms with Gasteiger partial charge >= 0.3 is 0 Å². The molecule has 0 bridgehead atoms. The van der Waals surface area contributed by atoms with Crippen LogP contribution in [0.25, 0.3) is 11.0 Å². The number of pyridine rings is 1. The first-order valence-electron chi connectivity index (χ1n) is 5.54. The molecule has 2 aromatic heterocycles. The topological polar surface area (TPSA) is 47.8 Å². The molecule has 0 aliphatic heterocycles. The maximum atomic E-state index is 11.6. The van der Waals surface area contributed by atoms with Crippen LogP contribution in [0.4, 0.5) is 0 Å². The van der Waals surface area contributed by atoms with E-state index in [1.54, 1.807) is 22.9 Å². The normalized spacial score (nSPS) is 9.69. The van der Waals surface area contributed by atoms with Crippen molar-refractivity contribution in [3.63, 3.8) is 0 Å².